The van der Waals surface area contributed by atoms with Crippen LogP contribution in [0.2, 0.25) is 0 Å². The first-order valence-corrected chi connectivity index (χ1v) is 6.72. The van der Waals surface area contributed by atoms with Crippen LogP contribution in [0.15, 0.2) is 12.1 Å². The number of nitrogens with one attached hydrogen (secondary N) is 1. The summed E-state index contributed by atoms with van der Waals surface area (Å²) in [5.74, 6) is -2.07. The number of hydrogen-bond donors (Lipinski definition) is 1. The fourth-order valence-electron chi connectivity index (χ4n) is 2.70. The molecule has 6 heteroatoms. The van der Waals surface area contributed by atoms with E-state index in [1.54, 1.807) is 0 Å². The van der Waals surface area contributed by atoms with E-state index in [9.17, 15) is 13.2 Å². The summed E-state index contributed by atoms with van der Waals surface area (Å²) in [4.78, 5) is 4.19. The monoisotopic (exact) mass is 281 g/mol. The van der Waals surface area contributed by atoms with Gasteiger partial charge in [0.15, 0.2) is 5.82 Å². The molecular formula is C14H14F3N3. The molecule has 1 heterocycles. The van der Waals surface area contributed by atoms with Crippen LogP contribution in [0.25, 0.3) is 11.4 Å². The Balaban J connectivity index is 1.94. The minimum atomic E-state index is -0.989. The van der Waals surface area contributed by atoms with Crippen molar-refractivity contribution in [2.75, 3.05) is 0 Å². The van der Waals surface area contributed by atoms with Crippen molar-refractivity contribution < 1.29 is 13.2 Å². The minimum absolute atomic E-state index is 0.0550. The molecule has 0 radical (unpaired) electrons. The second kappa shape index (κ2) is 5.26. The molecular weight excluding hydrogens is 267 g/mol. The third kappa shape index (κ3) is 2.42. The summed E-state index contributed by atoms with van der Waals surface area (Å²) in [7, 11) is 0. The summed E-state index contributed by atoms with van der Waals surface area (Å²) in [6, 6.07) is 1.27. The van der Waals surface area contributed by atoms with E-state index < -0.39 is 17.5 Å². The molecule has 2 aromatic rings. The van der Waals surface area contributed by atoms with Crippen molar-refractivity contribution in [1.29, 1.82) is 0 Å². The number of benzene rings is 1. The molecule has 1 aromatic heterocycles. The lowest BCUT2D eigenvalue weighted by Gasteiger charge is -2.18. The zero-order valence-corrected chi connectivity index (χ0v) is 10.8. The van der Waals surface area contributed by atoms with Crippen LogP contribution in [0.5, 0.6) is 0 Å². The van der Waals surface area contributed by atoms with E-state index in [1.807, 2.05) is 0 Å². The molecule has 1 fully saturated rings. The number of aromatic nitrogens is 3. The fourth-order valence-corrected chi connectivity index (χ4v) is 2.70. The van der Waals surface area contributed by atoms with Crippen molar-refractivity contribution in [1.82, 2.24) is 15.2 Å². The number of halogens is 3. The highest BCUT2D eigenvalue weighted by atomic mass is 19.1. The van der Waals surface area contributed by atoms with Gasteiger partial charge in [-0.25, -0.2) is 18.2 Å². The van der Waals surface area contributed by atoms with Crippen LogP contribution in [0.3, 0.4) is 0 Å². The van der Waals surface area contributed by atoms with Gasteiger partial charge in [-0.05, 0) is 12.8 Å². The Morgan fingerprint density at radius 2 is 1.65 bits per heavy atom. The molecule has 1 aliphatic carbocycles. The van der Waals surface area contributed by atoms with Gasteiger partial charge in [-0.2, -0.15) is 5.10 Å². The number of hydrogen-bond acceptors (Lipinski definition) is 2. The van der Waals surface area contributed by atoms with Crippen LogP contribution in [-0.4, -0.2) is 15.2 Å². The highest BCUT2D eigenvalue weighted by Gasteiger charge is 2.22. The minimum Gasteiger partial charge on any atom is -0.262 e. The Labute approximate surface area is 114 Å². The second-order valence-electron chi connectivity index (χ2n) is 5.12. The van der Waals surface area contributed by atoms with Gasteiger partial charge in [0.2, 0.25) is 0 Å². The zero-order valence-electron chi connectivity index (χ0n) is 10.8. The third-order valence-corrected chi connectivity index (χ3v) is 3.73. The average molecular weight is 281 g/mol. The maximum Gasteiger partial charge on any atom is 0.187 e. The molecule has 0 spiro atoms. The van der Waals surface area contributed by atoms with E-state index in [0.29, 0.717) is 18.0 Å². The Morgan fingerprint density at radius 1 is 1.00 bits per heavy atom. The van der Waals surface area contributed by atoms with Crippen LogP contribution < -0.4 is 0 Å². The largest absolute Gasteiger partial charge is 0.262 e. The van der Waals surface area contributed by atoms with Crippen LogP contribution >= 0.6 is 0 Å². The van der Waals surface area contributed by atoms with Gasteiger partial charge < -0.3 is 0 Å². The highest BCUT2D eigenvalue weighted by molar-refractivity contribution is 5.56. The maximum atomic E-state index is 13.7. The normalized spacial score (nSPS) is 16.6. The lowest BCUT2D eigenvalue weighted by molar-refractivity contribution is 0.429. The quantitative estimate of drug-likeness (QED) is 0.906. The number of H-pyrrole nitrogens is 1. The molecule has 1 saturated carbocycles. The van der Waals surface area contributed by atoms with Crippen molar-refractivity contribution in [2.24, 2.45) is 0 Å². The van der Waals surface area contributed by atoms with Gasteiger partial charge in [-0.3, -0.25) is 5.10 Å². The average Bonchev–Trinajstić information content (AvgIpc) is 2.88. The van der Waals surface area contributed by atoms with Gasteiger partial charge in [0.25, 0.3) is 0 Å². The molecule has 106 valence electrons. The van der Waals surface area contributed by atoms with E-state index in [1.165, 1.54) is 6.42 Å². The molecule has 1 aromatic carbocycles. The lowest BCUT2D eigenvalue weighted by Crippen LogP contribution is -2.06. The van der Waals surface area contributed by atoms with Crippen LogP contribution in [0.1, 0.15) is 43.8 Å². The Kier molecular flexibility index (Phi) is 3.46. The number of rotatable bonds is 2. The summed E-state index contributed by atoms with van der Waals surface area (Å²) in [5.41, 5.74) is -0.385. The van der Waals surface area contributed by atoms with Crippen LogP contribution in [-0.2, 0) is 0 Å². The molecule has 1 aliphatic rings. The molecule has 3 nitrogen and oxygen atoms in total. The Hall–Kier alpha value is -1.85. The standard InChI is InChI=1S/C14H14F3N3/c15-9-6-10(16)12(11(17)7-9)14-18-13(19-20-14)8-4-2-1-3-5-8/h6-8H,1-5H2,(H,18,19,20). The van der Waals surface area contributed by atoms with Gasteiger partial charge in [-0.15, -0.1) is 0 Å². The second-order valence-corrected chi connectivity index (χ2v) is 5.12. The van der Waals surface area contributed by atoms with Crippen molar-refractivity contribution in [2.45, 2.75) is 38.0 Å². The molecule has 0 aliphatic heterocycles. The Morgan fingerprint density at radius 3 is 2.30 bits per heavy atom. The third-order valence-electron chi connectivity index (χ3n) is 3.73. The van der Waals surface area contributed by atoms with E-state index in [2.05, 4.69) is 15.2 Å². The number of aromatic amines is 1. The topological polar surface area (TPSA) is 41.6 Å². The SMILES string of the molecule is Fc1cc(F)c(-c2n[nH]c(C3CCCCC3)n2)c(F)c1. The predicted octanol–water partition coefficient (Wildman–Crippen LogP) is 3.94. The lowest BCUT2D eigenvalue weighted by atomic mass is 9.89. The van der Waals surface area contributed by atoms with Gasteiger partial charge >= 0.3 is 0 Å². The summed E-state index contributed by atoms with van der Waals surface area (Å²) in [6.45, 7) is 0. The van der Waals surface area contributed by atoms with Gasteiger partial charge in [0.1, 0.15) is 23.3 Å². The summed E-state index contributed by atoms with van der Waals surface area (Å²) in [5, 5.41) is 6.63. The van der Waals surface area contributed by atoms with E-state index in [0.717, 1.165) is 25.7 Å². The first-order chi connectivity index (χ1) is 9.65. The highest BCUT2D eigenvalue weighted by Crippen LogP contribution is 2.32. The number of nitrogens with zero attached hydrogens (tertiary/aromatic N) is 2. The summed E-state index contributed by atoms with van der Waals surface area (Å²) in [6.07, 6.45) is 5.46. The van der Waals surface area contributed by atoms with E-state index in [4.69, 9.17) is 0 Å². The van der Waals surface area contributed by atoms with Crippen molar-refractivity contribution >= 4 is 0 Å². The molecule has 0 atom stereocenters. The fraction of sp³-hybridized carbons (Fsp3) is 0.429. The Bertz CT molecular complexity index is 595. The van der Waals surface area contributed by atoms with Crippen molar-refractivity contribution in [3.8, 4) is 11.4 Å². The first kappa shape index (κ1) is 13.1. The molecule has 0 unspecified atom stereocenters. The predicted molar refractivity (Wildman–Crippen MR) is 67.5 cm³/mol. The summed E-state index contributed by atoms with van der Waals surface area (Å²) >= 11 is 0. The molecule has 3 rings (SSSR count). The van der Waals surface area contributed by atoms with E-state index in [-0.39, 0.29) is 17.3 Å². The molecule has 0 bridgehead atoms. The smallest absolute Gasteiger partial charge is 0.187 e. The maximum absolute atomic E-state index is 13.7. The van der Waals surface area contributed by atoms with Gasteiger partial charge in [0, 0.05) is 18.1 Å². The molecule has 1 N–H and O–H groups in total. The van der Waals surface area contributed by atoms with Crippen molar-refractivity contribution in [3.05, 3.63) is 35.4 Å². The van der Waals surface area contributed by atoms with Gasteiger partial charge in [0.05, 0.1) is 5.56 Å². The summed E-state index contributed by atoms with van der Waals surface area (Å²) < 4.78 is 40.2. The van der Waals surface area contributed by atoms with E-state index >= 15 is 0 Å². The van der Waals surface area contributed by atoms with Crippen LogP contribution in [0, 0.1) is 17.5 Å². The van der Waals surface area contributed by atoms with Crippen LogP contribution in [0.4, 0.5) is 13.2 Å². The molecule has 0 saturated heterocycles. The first-order valence-electron chi connectivity index (χ1n) is 6.72. The van der Waals surface area contributed by atoms with Crippen molar-refractivity contribution in [3.63, 3.8) is 0 Å². The molecule has 0 amide bonds. The zero-order chi connectivity index (χ0) is 14.1. The van der Waals surface area contributed by atoms with Gasteiger partial charge in [-0.1, -0.05) is 19.3 Å². The molecule has 20 heavy (non-hydrogen) atoms.